The number of carbonyl (C=O) groups excluding carboxylic acids is 1. The number of nitrogens with zero attached hydrogens (tertiary/aromatic N) is 2. The number of amides is 1. The van der Waals surface area contributed by atoms with Gasteiger partial charge in [-0.1, -0.05) is 18.2 Å². The summed E-state index contributed by atoms with van der Waals surface area (Å²) in [7, 11) is 0. The number of fused-ring (bicyclic) bond motifs is 1. The highest BCUT2D eigenvalue weighted by Gasteiger charge is 2.40. The molecule has 1 aliphatic rings. The van der Waals surface area contributed by atoms with Crippen LogP contribution in [-0.4, -0.2) is 50.2 Å². The Morgan fingerprint density at radius 3 is 2.50 bits per heavy atom. The first-order valence-electron chi connectivity index (χ1n) is 8.25. The van der Waals surface area contributed by atoms with Gasteiger partial charge in [0.25, 0.3) is 0 Å². The minimum atomic E-state index is -1.70. The summed E-state index contributed by atoms with van der Waals surface area (Å²) in [5.41, 5.74) is 0.396. The number of carboxylic acids is 1. The summed E-state index contributed by atoms with van der Waals surface area (Å²) in [6.45, 7) is 3.45. The average Bonchev–Trinajstić information content (AvgIpc) is 2.93. The summed E-state index contributed by atoms with van der Waals surface area (Å²) in [6, 6.07) is 8.01. The summed E-state index contributed by atoms with van der Waals surface area (Å²) in [5, 5.41) is 20.1. The number of benzene rings is 1. The number of aryl methyl sites for hydroxylation is 1. The molecule has 1 amide bonds. The van der Waals surface area contributed by atoms with Crippen LogP contribution in [0.25, 0.3) is 10.9 Å². The van der Waals surface area contributed by atoms with Gasteiger partial charge >= 0.3 is 5.97 Å². The predicted molar refractivity (Wildman–Crippen MR) is 89.7 cm³/mol. The summed E-state index contributed by atoms with van der Waals surface area (Å²) in [5.74, 6) is -1.23. The lowest BCUT2D eigenvalue weighted by Gasteiger charge is -2.35. The molecule has 2 aromatic rings. The summed E-state index contributed by atoms with van der Waals surface area (Å²) in [4.78, 5) is 25.3. The van der Waals surface area contributed by atoms with Gasteiger partial charge in [0.05, 0.1) is 6.42 Å². The fourth-order valence-corrected chi connectivity index (χ4v) is 3.34. The second-order valence-electron chi connectivity index (χ2n) is 6.35. The minimum absolute atomic E-state index is 0.0264. The summed E-state index contributed by atoms with van der Waals surface area (Å²) in [6.07, 6.45) is 2.45. The molecule has 128 valence electrons. The smallest absolute Gasteiger partial charge is 0.335 e. The third-order valence-electron chi connectivity index (χ3n) is 4.89. The van der Waals surface area contributed by atoms with Gasteiger partial charge in [0.2, 0.25) is 5.91 Å². The van der Waals surface area contributed by atoms with E-state index in [0.717, 1.165) is 23.0 Å². The number of piperidine rings is 1. The second-order valence-corrected chi connectivity index (χ2v) is 6.35. The highest BCUT2D eigenvalue weighted by Crippen LogP contribution is 2.25. The van der Waals surface area contributed by atoms with Crippen LogP contribution in [0.1, 0.15) is 25.3 Å². The van der Waals surface area contributed by atoms with Gasteiger partial charge in [-0.25, -0.2) is 4.79 Å². The van der Waals surface area contributed by atoms with Gasteiger partial charge in [-0.2, -0.15) is 0 Å². The Kier molecular flexibility index (Phi) is 4.32. The van der Waals surface area contributed by atoms with Crippen LogP contribution in [0.2, 0.25) is 0 Å². The van der Waals surface area contributed by atoms with Crippen molar-refractivity contribution >= 4 is 22.8 Å². The van der Waals surface area contributed by atoms with Crippen LogP contribution in [-0.2, 0) is 22.6 Å². The van der Waals surface area contributed by atoms with Crippen molar-refractivity contribution in [3.05, 3.63) is 36.0 Å². The third-order valence-corrected chi connectivity index (χ3v) is 4.89. The molecule has 1 aromatic carbocycles. The molecule has 6 nitrogen and oxygen atoms in total. The molecule has 24 heavy (non-hydrogen) atoms. The number of aliphatic hydroxyl groups is 1. The van der Waals surface area contributed by atoms with Crippen LogP contribution in [0.4, 0.5) is 0 Å². The van der Waals surface area contributed by atoms with Crippen molar-refractivity contribution in [3.8, 4) is 0 Å². The van der Waals surface area contributed by atoms with Gasteiger partial charge in [0.15, 0.2) is 5.60 Å². The quantitative estimate of drug-likeness (QED) is 0.893. The Balaban J connectivity index is 1.73. The third kappa shape index (κ3) is 2.89. The Labute approximate surface area is 140 Å². The van der Waals surface area contributed by atoms with Crippen molar-refractivity contribution in [2.24, 2.45) is 0 Å². The molecule has 0 bridgehead atoms. The Bertz CT molecular complexity index is 772. The highest BCUT2D eigenvalue weighted by molar-refractivity contribution is 5.89. The molecule has 1 aromatic heterocycles. The number of hydrogen-bond donors (Lipinski definition) is 2. The molecule has 2 N–H and O–H groups in total. The van der Waals surface area contributed by atoms with Crippen molar-refractivity contribution in [3.63, 3.8) is 0 Å². The van der Waals surface area contributed by atoms with Crippen molar-refractivity contribution in [2.75, 3.05) is 13.1 Å². The highest BCUT2D eigenvalue weighted by atomic mass is 16.4. The summed E-state index contributed by atoms with van der Waals surface area (Å²) < 4.78 is 2.12. The molecule has 0 atom stereocenters. The largest absolute Gasteiger partial charge is 0.479 e. The van der Waals surface area contributed by atoms with E-state index in [1.54, 1.807) is 4.90 Å². The van der Waals surface area contributed by atoms with Crippen molar-refractivity contribution in [1.82, 2.24) is 9.47 Å². The number of para-hydroxylation sites is 1. The standard InChI is InChI=1S/C18H22N2O4/c1-2-19-12-13(14-5-3-4-6-15(14)19)11-16(21)20-9-7-18(24,8-10-20)17(22)23/h3-6,12,24H,2,7-11H2,1H3,(H,22,23). The Hall–Kier alpha value is -2.34. The van der Waals surface area contributed by atoms with Crippen molar-refractivity contribution < 1.29 is 19.8 Å². The Morgan fingerprint density at radius 1 is 1.21 bits per heavy atom. The maximum absolute atomic E-state index is 12.6. The molecule has 1 aliphatic heterocycles. The first-order valence-corrected chi connectivity index (χ1v) is 8.25. The molecule has 0 radical (unpaired) electrons. The van der Waals surface area contributed by atoms with E-state index in [1.807, 2.05) is 30.5 Å². The van der Waals surface area contributed by atoms with Gasteiger partial charge < -0.3 is 19.7 Å². The summed E-state index contributed by atoms with van der Waals surface area (Å²) >= 11 is 0. The first kappa shape index (κ1) is 16.5. The zero-order valence-electron chi connectivity index (χ0n) is 13.7. The lowest BCUT2D eigenvalue weighted by Crippen LogP contribution is -2.51. The lowest BCUT2D eigenvalue weighted by molar-refractivity contribution is -0.165. The molecule has 3 rings (SSSR count). The van der Waals surface area contributed by atoms with Gasteiger partial charge in [0, 0.05) is 49.6 Å². The minimum Gasteiger partial charge on any atom is -0.479 e. The number of likely N-dealkylation sites (tertiary alicyclic amines) is 1. The van der Waals surface area contributed by atoms with Crippen molar-refractivity contribution in [1.29, 1.82) is 0 Å². The second kappa shape index (κ2) is 6.28. The molecule has 6 heteroatoms. The van der Waals surface area contributed by atoms with E-state index in [9.17, 15) is 14.7 Å². The number of aliphatic carboxylic acids is 1. The fraction of sp³-hybridized carbons (Fsp3) is 0.444. The maximum atomic E-state index is 12.6. The van der Waals surface area contributed by atoms with Crippen LogP contribution in [0.5, 0.6) is 0 Å². The predicted octanol–water partition coefficient (Wildman–Crippen LogP) is 1.64. The molecular formula is C18H22N2O4. The molecule has 1 saturated heterocycles. The molecule has 0 aliphatic carbocycles. The number of hydrogen-bond acceptors (Lipinski definition) is 3. The molecular weight excluding hydrogens is 308 g/mol. The van der Waals surface area contributed by atoms with E-state index in [1.165, 1.54) is 0 Å². The number of aromatic nitrogens is 1. The SMILES string of the molecule is CCn1cc(CC(=O)N2CCC(O)(C(=O)O)CC2)c2ccccc21. The van der Waals surface area contributed by atoms with E-state index in [4.69, 9.17) is 5.11 Å². The average molecular weight is 330 g/mol. The van der Waals surface area contributed by atoms with E-state index in [0.29, 0.717) is 6.42 Å². The van der Waals surface area contributed by atoms with E-state index in [2.05, 4.69) is 11.5 Å². The Morgan fingerprint density at radius 2 is 1.88 bits per heavy atom. The van der Waals surface area contributed by atoms with Gasteiger partial charge in [0.1, 0.15) is 0 Å². The van der Waals surface area contributed by atoms with E-state index < -0.39 is 11.6 Å². The number of carboxylic acid groups (broad SMARTS) is 1. The zero-order chi connectivity index (χ0) is 17.3. The van der Waals surface area contributed by atoms with E-state index >= 15 is 0 Å². The van der Waals surface area contributed by atoms with Crippen LogP contribution in [0, 0.1) is 0 Å². The van der Waals surface area contributed by atoms with Crippen LogP contribution in [0.15, 0.2) is 30.5 Å². The molecule has 2 heterocycles. The van der Waals surface area contributed by atoms with Crippen molar-refractivity contribution in [2.45, 2.75) is 38.3 Å². The number of carbonyl (C=O) groups is 2. The van der Waals surface area contributed by atoms with Crippen LogP contribution < -0.4 is 0 Å². The topological polar surface area (TPSA) is 82.8 Å². The number of rotatable bonds is 4. The zero-order valence-corrected chi connectivity index (χ0v) is 13.7. The fourth-order valence-electron chi connectivity index (χ4n) is 3.34. The van der Waals surface area contributed by atoms with Gasteiger partial charge in [-0.3, -0.25) is 4.79 Å². The van der Waals surface area contributed by atoms with Crippen LogP contribution in [0.3, 0.4) is 0 Å². The monoisotopic (exact) mass is 330 g/mol. The van der Waals surface area contributed by atoms with Gasteiger partial charge in [-0.15, -0.1) is 0 Å². The molecule has 1 fully saturated rings. The van der Waals surface area contributed by atoms with E-state index in [-0.39, 0.29) is 31.8 Å². The molecule has 0 unspecified atom stereocenters. The molecule has 0 saturated carbocycles. The van der Waals surface area contributed by atoms with Gasteiger partial charge in [-0.05, 0) is 18.6 Å². The van der Waals surface area contributed by atoms with Crippen LogP contribution >= 0.6 is 0 Å². The normalized spacial score (nSPS) is 17.2. The first-order chi connectivity index (χ1) is 11.4. The lowest BCUT2D eigenvalue weighted by atomic mass is 9.91. The maximum Gasteiger partial charge on any atom is 0.335 e. The molecule has 0 spiro atoms.